The Hall–Kier alpha value is -3.52. The zero-order chi connectivity index (χ0) is 23.5. The van der Waals surface area contributed by atoms with Crippen LogP contribution < -0.4 is 5.32 Å². The fourth-order valence-corrected chi connectivity index (χ4v) is 4.83. The Labute approximate surface area is 191 Å². The number of halogens is 1. The average molecular weight is 447 g/mol. The number of aromatic hydroxyl groups is 1. The van der Waals surface area contributed by atoms with Crippen molar-refractivity contribution in [3.63, 3.8) is 0 Å². The van der Waals surface area contributed by atoms with Crippen LogP contribution in [0.5, 0.6) is 5.75 Å². The minimum absolute atomic E-state index is 0.0537. The molecule has 5 rings (SSSR count). The molecule has 4 heterocycles. The Morgan fingerprint density at radius 3 is 2.48 bits per heavy atom. The van der Waals surface area contributed by atoms with E-state index < -0.39 is 5.82 Å². The lowest BCUT2D eigenvalue weighted by molar-refractivity contribution is 0.297. The minimum atomic E-state index is -0.554. The number of phenols is 1. The fourth-order valence-electron chi connectivity index (χ4n) is 4.83. The molecule has 1 aliphatic heterocycles. The van der Waals surface area contributed by atoms with Crippen molar-refractivity contribution in [3.05, 3.63) is 60.6 Å². The van der Waals surface area contributed by atoms with E-state index in [1.165, 1.54) is 12.1 Å². The summed E-state index contributed by atoms with van der Waals surface area (Å²) < 4.78 is 18.5. The van der Waals surface area contributed by atoms with Gasteiger partial charge in [0.1, 0.15) is 11.6 Å². The highest BCUT2D eigenvalue weighted by Gasteiger charge is 2.33. The van der Waals surface area contributed by atoms with Crippen molar-refractivity contribution >= 4 is 11.4 Å². The number of rotatable bonds is 3. The second-order valence-electron chi connectivity index (χ2n) is 9.98. The maximum absolute atomic E-state index is 15.1. The van der Waals surface area contributed by atoms with Gasteiger partial charge in [-0.15, -0.1) is 0 Å². The molecular weight excluding hydrogens is 419 g/mol. The Balaban J connectivity index is 1.54. The van der Waals surface area contributed by atoms with E-state index >= 15 is 4.39 Å². The lowest BCUT2D eigenvalue weighted by Crippen LogP contribution is -2.53. The Bertz CT molecular complexity index is 1390. The van der Waals surface area contributed by atoms with Crippen molar-refractivity contribution in [1.82, 2.24) is 29.5 Å². The molecule has 170 valence electrons. The van der Waals surface area contributed by atoms with Crippen LogP contribution in [0, 0.1) is 5.82 Å². The summed E-state index contributed by atoms with van der Waals surface area (Å²) in [6, 6.07) is 4.87. The Morgan fingerprint density at radius 1 is 1.06 bits per heavy atom. The quantitative estimate of drug-likeness (QED) is 0.482. The van der Waals surface area contributed by atoms with Crippen LogP contribution in [0.25, 0.3) is 33.7 Å². The first kappa shape index (κ1) is 21.3. The molecule has 0 amide bonds. The zero-order valence-corrected chi connectivity index (χ0v) is 19.4. The van der Waals surface area contributed by atoms with Gasteiger partial charge in [-0.3, -0.25) is 9.08 Å². The largest absolute Gasteiger partial charge is 0.507 e. The van der Waals surface area contributed by atoms with Crippen molar-refractivity contribution in [2.75, 3.05) is 0 Å². The highest BCUT2D eigenvalue weighted by molar-refractivity contribution is 5.75. The molecule has 1 aliphatic rings. The summed E-state index contributed by atoms with van der Waals surface area (Å²) in [5.74, 6) is -0.281. The summed E-state index contributed by atoms with van der Waals surface area (Å²) in [4.78, 5) is 9.28. The lowest BCUT2D eigenvalue weighted by Gasteiger charge is -2.41. The Kier molecular flexibility index (Phi) is 4.68. The Morgan fingerprint density at radius 2 is 1.82 bits per heavy atom. The van der Waals surface area contributed by atoms with Crippen LogP contribution in [0.1, 0.15) is 39.8 Å². The van der Waals surface area contributed by atoms with Gasteiger partial charge >= 0.3 is 0 Å². The predicted molar refractivity (Wildman–Crippen MR) is 126 cm³/mol. The first-order valence-electron chi connectivity index (χ1n) is 10.9. The van der Waals surface area contributed by atoms with Gasteiger partial charge < -0.3 is 10.4 Å². The van der Waals surface area contributed by atoms with Crippen molar-refractivity contribution < 1.29 is 9.50 Å². The van der Waals surface area contributed by atoms with Crippen molar-refractivity contribution in [2.24, 2.45) is 7.05 Å². The molecule has 4 aromatic rings. The molecule has 7 nitrogen and oxygen atoms in total. The van der Waals surface area contributed by atoms with Crippen molar-refractivity contribution in [2.45, 2.75) is 45.2 Å². The molecule has 2 N–H and O–H groups in total. The van der Waals surface area contributed by atoms with Gasteiger partial charge in [0, 0.05) is 42.3 Å². The molecular formula is C25H27FN6O. The maximum Gasteiger partial charge on any atom is 0.234 e. The molecule has 0 spiro atoms. The average Bonchev–Trinajstić information content (AvgIpc) is 3.30. The van der Waals surface area contributed by atoms with Crippen LogP contribution in [0.15, 0.2) is 49.1 Å². The number of fused-ring (bicyclic) bond motifs is 1. The van der Waals surface area contributed by atoms with E-state index in [9.17, 15) is 5.11 Å². The van der Waals surface area contributed by atoms with Crippen LogP contribution in [-0.2, 0) is 7.05 Å². The number of hydrogen-bond donors (Lipinski definition) is 2. The van der Waals surface area contributed by atoms with Crippen molar-refractivity contribution in [3.8, 4) is 28.1 Å². The van der Waals surface area contributed by atoms with E-state index in [0.717, 1.165) is 23.3 Å². The van der Waals surface area contributed by atoms with Gasteiger partial charge in [-0.1, -0.05) is 6.08 Å². The maximum atomic E-state index is 15.1. The number of aromatic nitrogens is 5. The number of hydrogen-bond acceptors (Lipinski definition) is 5. The molecule has 0 radical (unpaired) electrons. The molecule has 3 aromatic heterocycles. The van der Waals surface area contributed by atoms with Crippen LogP contribution in [0.2, 0.25) is 0 Å². The van der Waals surface area contributed by atoms with Crippen LogP contribution in [0.4, 0.5) is 4.39 Å². The molecule has 1 aromatic carbocycles. The second kappa shape index (κ2) is 7.25. The number of aryl methyl sites for hydroxylation is 1. The van der Waals surface area contributed by atoms with E-state index in [2.05, 4.69) is 49.2 Å². The summed E-state index contributed by atoms with van der Waals surface area (Å²) in [5.41, 5.74) is 3.42. The molecule has 0 unspecified atom stereocenters. The molecule has 0 atom stereocenters. The van der Waals surface area contributed by atoms with Gasteiger partial charge in [-0.2, -0.15) is 5.10 Å². The summed E-state index contributed by atoms with van der Waals surface area (Å²) in [6.07, 6.45) is 9.97. The van der Waals surface area contributed by atoms with Crippen LogP contribution >= 0.6 is 0 Å². The number of nitrogens with one attached hydrogen (secondary N) is 1. The zero-order valence-electron chi connectivity index (χ0n) is 19.4. The number of phenolic OH excluding ortho intramolecular Hbond substituents is 1. The summed E-state index contributed by atoms with van der Waals surface area (Å²) in [5, 5.41) is 18.4. The first-order valence-corrected chi connectivity index (χ1v) is 10.9. The highest BCUT2D eigenvalue weighted by atomic mass is 19.1. The van der Waals surface area contributed by atoms with Gasteiger partial charge in [0.25, 0.3) is 0 Å². The number of benzene rings is 1. The molecule has 8 heteroatoms. The van der Waals surface area contributed by atoms with Gasteiger partial charge in [0.05, 0.1) is 23.1 Å². The molecule has 0 bridgehead atoms. The molecule has 33 heavy (non-hydrogen) atoms. The summed E-state index contributed by atoms with van der Waals surface area (Å²) in [6.45, 7) is 8.63. The number of nitrogens with zero attached hydrogens (tertiary/aromatic N) is 5. The van der Waals surface area contributed by atoms with Gasteiger partial charge in [-0.25, -0.2) is 14.4 Å². The lowest BCUT2D eigenvalue weighted by atomic mass is 9.82. The van der Waals surface area contributed by atoms with Crippen molar-refractivity contribution in [1.29, 1.82) is 0 Å². The predicted octanol–water partition coefficient (Wildman–Crippen LogP) is 4.58. The smallest absolute Gasteiger partial charge is 0.234 e. The third kappa shape index (κ3) is 4.02. The third-order valence-corrected chi connectivity index (χ3v) is 5.85. The van der Waals surface area contributed by atoms with E-state index in [0.29, 0.717) is 17.0 Å². The van der Waals surface area contributed by atoms with Crippen LogP contribution in [0.3, 0.4) is 0 Å². The molecule has 0 saturated heterocycles. The first-order chi connectivity index (χ1) is 15.5. The van der Waals surface area contributed by atoms with E-state index in [1.807, 2.05) is 12.3 Å². The van der Waals surface area contributed by atoms with Crippen LogP contribution in [-0.4, -0.2) is 40.3 Å². The normalized spacial score (nSPS) is 17.3. The van der Waals surface area contributed by atoms with E-state index in [4.69, 9.17) is 4.98 Å². The SMILES string of the molecule is Cn1cc(-c2cc(O)c(-c3cn4ccc(C5=CC(C)(C)NC(C)(C)C5)nc4n3)c(F)c2)cn1. The van der Waals surface area contributed by atoms with Gasteiger partial charge in [0.2, 0.25) is 5.78 Å². The molecule has 0 aliphatic carbocycles. The van der Waals surface area contributed by atoms with Gasteiger partial charge in [-0.05, 0) is 63.5 Å². The fraction of sp³-hybridized carbons (Fsp3) is 0.320. The second-order valence-corrected chi connectivity index (χ2v) is 9.98. The number of imidazole rings is 1. The van der Waals surface area contributed by atoms with E-state index in [-0.39, 0.29) is 22.4 Å². The highest BCUT2D eigenvalue weighted by Crippen LogP contribution is 2.36. The topological polar surface area (TPSA) is 80.3 Å². The standard InChI is InChI=1S/C25H27FN6O/c1-24(2)10-16(11-25(3,4)30-24)19-6-7-32-14-20(29-23(32)28-19)22-18(26)8-15(9-21(22)33)17-12-27-31(5)13-17/h6-10,12-14,30,33H,11H2,1-5H3. The van der Waals surface area contributed by atoms with E-state index in [1.54, 1.807) is 34.7 Å². The summed E-state index contributed by atoms with van der Waals surface area (Å²) >= 11 is 0. The van der Waals surface area contributed by atoms with Gasteiger partial charge in [0.15, 0.2) is 0 Å². The summed E-state index contributed by atoms with van der Waals surface area (Å²) in [7, 11) is 1.79. The third-order valence-electron chi connectivity index (χ3n) is 5.85. The molecule has 0 fully saturated rings. The molecule has 0 saturated carbocycles. The minimum Gasteiger partial charge on any atom is -0.507 e. The monoisotopic (exact) mass is 446 g/mol.